The number of anilines is 1. The second-order valence-electron chi connectivity index (χ2n) is 10.2. The number of aliphatic hydroxyl groups excluding tert-OH is 2. The summed E-state index contributed by atoms with van der Waals surface area (Å²) in [5.41, 5.74) is 1.72. The van der Waals surface area contributed by atoms with Gasteiger partial charge in [0.25, 0.3) is 5.91 Å². The van der Waals surface area contributed by atoms with Crippen molar-refractivity contribution in [1.29, 1.82) is 0 Å². The summed E-state index contributed by atoms with van der Waals surface area (Å²) in [4.78, 5) is 44.7. The van der Waals surface area contributed by atoms with Crippen molar-refractivity contribution in [3.63, 3.8) is 0 Å². The van der Waals surface area contributed by atoms with Gasteiger partial charge in [-0.25, -0.2) is 4.98 Å². The molecule has 0 radical (unpaired) electrons. The van der Waals surface area contributed by atoms with E-state index in [0.717, 1.165) is 12.8 Å². The fourth-order valence-corrected chi connectivity index (χ4v) is 6.11. The predicted molar refractivity (Wildman–Crippen MR) is 128 cm³/mol. The second-order valence-corrected chi connectivity index (χ2v) is 10.6. The predicted octanol–water partition coefficient (Wildman–Crippen LogP) is 0.991. The molecule has 0 aromatic carbocycles. The van der Waals surface area contributed by atoms with Crippen LogP contribution in [0, 0.1) is 17.8 Å². The number of carbonyl (C=O) groups excluding carboxylic acids is 3. The minimum Gasteiger partial charge on any atom is -0.510 e. The van der Waals surface area contributed by atoms with E-state index >= 15 is 0 Å². The number of amides is 1. The van der Waals surface area contributed by atoms with Gasteiger partial charge in [0.1, 0.15) is 22.2 Å². The molecule has 1 aromatic rings. The summed E-state index contributed by atoms with van der Waals surface area (Å²) in [6.07, 6.45) is 2.18. The van der Waals surface area contributed by atoms with Gasteiger partial charge in [-0.3, -0.25) is 19.3 Å². The van der Waals surface area contributed by atoms with E-state index in [9.17, 15) is 34.8 Å². The third-order valence-electron chi connectivity index (χ3n) is 7.79. The molecule has 11 nitrogen and oxygen atoms in total. The number of nitrogens with zero attached hydrogens (tertiary/aromatic N) is 2. The number of likely N-dealkylation sites (N-methyl/N-ethyl adjacent to an activating group) is 1. The number of nitrogens with two attached hydrogens (primary N) is 1. The molecule has 4 atom stereocenters. The van der Waals surface area contributed by atoms with Gasteiger partial charge in [0.15, 0.2) is 23.0 Å². The Hall–Kier alpha value is -3.15. The minimum absolute atomic E-state index is 0.00939. The fourth-order valence-electron chi connectivity index (χ4n) is 5.85. The summed E-state index contributed by atoms with van der Waals surface area (Å²) in [6, 6.07) is -1.05. The van der Waals surface area contributed by atoms with E-state index in [4.69, 9.17) is 17.3 Å². The monoisotopic (exact) mass is 518 g/mol. The highest BCUT2D eigenvalue weighted by molar-refractivity contribution is 6.32. The van der Waals surface area contributed by atoms with Crippen LogP contribution in [0.5, 0.6) is 5.75 Å². The molecule has 7 N–H and O–H groups in total. The van der Waals surface area contributed by atoms with Crippen molar-refractivity contribution >= 4 is 34.9 Å². The molecule has 0 saturated heterocycles. The number of Topliss-reactive ketones (excluding diaryl/α,β-unsaturated/α-hetero) is 2. The number of primary amides is 1. The van der Waals surface area contributed by atoms with E-state index in [-0.39, 0.29) is 34.9 Å². The number of aromatic nitrogens is 1. The maximum absolute atomic E-state index is 13.7. The molecule has 1 fully saturated rings. The molecular formula is C24H27ClN4O7. The van der Waals surface area contributed by atoms with Crippen LogP contribution in [-0.4, -0.2) is 80.1 Å². The molecule has 5 rings (SSSR count). The van der Waals surface area contributed by atoms with Gasteiger partial charge in [-0.15, -0.1) is 0 Å². The molecule has 0 aliphatic heterocycles. The molecule has 4 aliphatic rings. The molecule has 4 aliphatic carbocycles. The van der Waals surface area contributed by atoms with Crippen LogP contribution < -0.4 is 11.1 Å². The maximum Gasteiger partial charge on any atom is 0.255 e. The first-order chi connectivity index (χ1) is 16.9. The van der Waals surface area contributed by atoms with E-state index in [0.29, 0.717) is 18.0 Å². The summed E-state index contributed by atoms with van der Waals surface area (Å²) in [7, 11) is 3.14. The van der Waals surface area contributed by atoms with E-state index in [1.54, 1.807) is 14.1 Å². The van der Waals surface area contributed by atoms with Gasteiger partial charge >= 0.3 is 0 Å². The van der Waals surface area contributed by atoms with Crippen LogP contribution in [0.2, 0.25) is 5.15 Å². The van der Waals surface area contributed by atoms with Gasteiger partial charge in [0, 0.05) is 23.6 Å². The van der Waals surface area contributed by atoms with Gasteiger partial charge in [0.05, 0.1) is 11.6 Å². The van der Waals surface area contributed by atoms with Crippen molar-refractivity contribution in [2.75, 3.05) is 26.0 Å². The maximum atomic E-state index is 13.7. The first kappa shape index (κ1) is 24.5. The van der Waals surface area contributed by atoms with Crippen LogP contribution in [0.3, 0.4) is 0 Å². The van der Waals surface area contributed by atoms with Gasteiger partial charge in [-0.05, 0) is 51.6 Å². The Bertz CT molecular complexity index is 1290. The van der Waals surface area contributed by atoms with Gasteiger partial charge < -0.3 is 31.5 Å². The van der Waals surface area contributed by atoms with Crippen LogP contribution in [0.25, 0.3) is 0 Å². The Morgan fingerprint density at radius 1 is 1.25 bits per heavy atom. The minimum atomic E-state index is -2.68. The van der Waals surface area contributed by atoms with E-state index in [1.165, 1.54) is 4.90 Å². The number of hydrogen-bond donors (Lipinski definition) is 6. The quantitative estimate of drug-likeness (QED) is 0.242. The van der Waals surface area contributed by atoms with E-state index < -0.39 is 63.8 Å². The van der Waals surface area contributed by atoms with Crippen molar-refractivity contribution in [2.45, 2.75) is 37.3 Å². The number of ketones is 2. The highest BCUT2D eigenvalue weighted by atomic mass is 35.5. The lowest BCUT2D eigenvalue weighted by Gasteiger charge is -2.50. The summed E-state index contributed by atoms with van der Waals surface area (Å²) in [6.45, 7) is 0.550. The van der Waals surface area contributed by atoms with Crippen LogP contribution in [-0.2, 0) is 16.0 Å². The summed E-state index contributed by atoms with van der Waals surface area (Å²) < 4.78 is 0. The highest BCUT2D eigenvalue weighted by Gasteiger charge is 2.63. The molecule has 1 aromatic heterocycles. The molecule has 12 heteroatoms. The number of carbonyl (C=O) groups is 3. The van der Waals surface area contributed by atoms with Crippen molar-refractivity contribution in [3.8, 4) is 5.75 Å². The smallest absolute Gasteiger partial charge is 0.255 e. The summed E-state index contributed by atoms with van der Waals surface area (Å²) >= 11 is 6.42. The number of fused-ring (bicyclic) bond motifs is 3. The van der Waals surface area contributed by atoms with E-state index in [1.807, 2.05) is 0 Å². The first-order valence-corrected chi connectivity index (χ1v) is 12.1. The fraction of sp³-hybridized carbons (Fsp3) is 0.500. The van der Waals surface area contributed by atoms with Crippen molar-refractivity contribution in [1.82, 2.24) is 9.88 Å². The van der Waals surface area contributed by atoms with Gasteiger partial charge in [0.2, 0.25) is 5.78 Å². The number of halogens is 1. The second kappa shape index (κ2) is 8.19. The van der Waals surface area contributed by atoms with Gasteiger partial charge in [-0.1, -0.05) is 11.6 Å². The molecule has 1 heterocycles. The number of allylic oxidation sites excluding steroid dienone is 1. The highest BCUT2D eigenvalue weighted by Crippen LogP contribution is 2.53. The third kappa shape index (κ3) is 3.33. The Balaban J connectivity index is 1.66. The van der Waals surface area contributed by atoms with Crippen LogP contribution in [0.1, 0.15) is 35.2 Å². The largest absolute Gasteiger partial charge is 0.510 e. The van der Waals surface area contributed by atoms with Gasteiger partial charge in [-0.2, -0.15) is 0 Å². The van der Waals surface area contributed by atoms with Crippen molar-refractivity contribution in [2.24, 2.45) is 23.5 Å². The molecule has 0 bridgehead atoms. The Kier molecular flexibility index (Phi) is 5.58. The lowest BCUT2D eigenvalue weighted by Crippen LogP contribution is -2.63. The molecule has 0 spiro atoms. The van der Waals surface area contributed by atoms with Crippen LogP contribution >= 0.6 is 11.6 Å². The van der Waals surface area contributed by atoms with Crippen molar-refractivity contribution in [3.05, 3.63) is 38.9 Å². The normalized spacial score (nSPS) is 29.8. The Morgan fingerprint density at radius 2 is 1.92 bits per heavy atom. The number of hydrogen-bond acceptors (Lipinski definition) is 10. The average molecular weight is 519 g/mol. The third-order valence-corrected chi connectivity index (χ3v) is 8.10. The number of aliphatic hydroxyl groups is 3. The zero-order valence-electron chi connectivity index (χ0n) is 19.7. The van der Waals surface area contributed by atoms with E-state index in [2.05, 4.69) is 10.3 Å². The molecule has 36 heavy (non-hydrogen) atoms. The zero-order chi connectivity index (χ0) is 26.3. The number of rotatable bonds is 5. The molecule has 192 valence electrons. The van der Waals surface area contributed by atoms with Crippen LogP contribution in [0.15, 0.2) is 22.7 Å². The number of aromatic hydroxyl groups is 1. The number of nitrogens with one attached hydrogen (secondary N) is 1. The molecular weight excluding hydrogens is 492 g/mol. The Labute approximate surface area is 211 Å². The molecule has 0 unspecified atom stereocenters. The lowest BCUT2D eigenvalue weighted by atomic mass is 9.58. The molecule has 1 saturated carbocycles. The Morgan fingerprint density at radius 3 is 2.50 bits per heavy atom. The zero-order valence-corrected chi connectivity index (χ0v) is 20.5. The van der Waals surface area contributed by atoms with Crippen molar-refractivity contribution < 1.29 is 34.8 Å². The summed E-state index contributed by atoms with van der Waals surface area (Å²) in [5.74, 6) is -6.60. The lowest BCUT2D eigenvalue weighted by molar-refractivity contribution is -0.148. The number of pyridine rings is 1. The summed E-state index contributed by atoms with van der Waals surface area (Å²) in [5, 5.41) is 47.6. The standard InChI is InChI=1S/C24H27ClN4O7/c1-29(2)15-11-6-9-5-10-13(18(32)23(28-21(10)25)27-7-8-3-4-8)16(30)12(9)19(33)24(11,36)20(34)14(17(15)31)22(26)35/h8-9,11,15,31-33,36H,3-7H2,1-2H3,(H2,26,35)(H,27,28)/t9-,11-,15-,24-/m0/s1. The van der Waals surface area contributed by atoms with Crippen LogP contribution in [0.4, 0.5) is 5.82 Å². The topological polar surface area (TPSA) is 186 Å². The average Bonchev–Trinajstić information content (AvgIpc) is 3.61. The SMILES string of the molecule is CN(C)[C@@H]1C(O)=C(C(N)=O)C(=O)[C@@]2(O)C(O)=C3C(=O)c4c(O)c(NCC5CC5)nc(Cl)c4C[C@H]3C[C@@H]12. The first-order valence-electron chi connectivity index (χ1n) is 11.7. The molecule has 1 amide bonds.